The molecule has 0 fully saturated rings. The Morgan fingerprint density at radius 2 is 2.05 bits per heavy atom. The second-order valence-corrected chi connectivity index (χ2v) is 4.43. The monoisotopic (exact) mass is 286 g/mol. The van der Waals surface area contributed by atoms with Crippen LogP contribution in [0, 0.1) is 0 Å². The standard InChI is InChI=1S/C12H9F3N2OS/c13-12(14,15)9-4-2-1-3-8(9)5-16-11(18)10-6-19-7-17-10/h1-4,6-7H,5H2,(H,16,18). The van der Waals surface area contributed by atoms with Gasteiger partial charge < -0.3 is 5.32 Å². The third-order valence-corrected chi connectivity index (χ3v) is 3.01. The molecule has 3 nitrogen and oxygen atoms in total. The van der Waals surface area contributed by atoms with Gasteiger partial charge in [-0.3, -0.25) is 4.79 Å². The van der Waals surface area contributed by atoms with E-state index in [0.717, 1.165) is 6.07 Å². The Balaban J connectivity index is 2.10. The molecule has 1 aromatic heterocycles. The van der Waals surface area contributed by atoms with E-state index in [1.807, 2.05) is 0 Å². The molecule has 0 saturated heterocycles. The molecule has 1 aromatic carbocycles. The fraction of sp³-hybridized carbons (Fsp3) is 0.167. The van der Waals surface area contributed by atoms with Crippen molar-refractivity contribution in [3.8, 4) is 0 Å². The van der Waals surface area contributed by atoms with E-state index in [2.05, 4.69) is 10.3 Å². The third-order valence-electron chi connectivity index (χ3n) is 2.43. The molecule has 1 amide bonds. The van der Waals surface area contributed by atoms with Crippen LogP contribution in [0.15, 0.2) is 35.2 Å². The average Bonchev–Trinajstić information content (AvgIpc) is 2.89. The van der Waals surface area contributed by atoms with Crippen molar-refractivity contribution in [1.82, 2.24) is 10.3 Å². The predicted octanol–water partition coefficient (Wildman–Crippen LogP) is 3.09. The Morgan fingerprint density at radius 3 is 2.68 bits per heavy atom. The van der Waals surface area contributed by atoms with Crippen LogP contribution in [0.25, 0.3) is 0 Å². The summed E-state index contributed by atoms with van der Waals surface area (Å²) in [6.07, 6.45) is -4.43. The first-order valence-corrected chi connectivity index (χ1v) is 6.24. The van der Waals surface area contributed by atoms with Crippen molar-refractivity contribution in [3.05, 3.63) is 52.0 Å². The topological polar surface area (TPSA) is 42.0 Å². The molecule has 0 unspecified atom stereocenters. The summed E-state index contributed by atoms with van der Waals surface area (Å²) < 4.78 is 38.2. The lowest BCUT2D eigenvalue weighted by atomic mass is 10.1. The summed E-state index contributed by atoms with van der Waals surface area (Å²) >= 11 is 1.25. The number of carbonyl (C=O) groups is 1. The highest BCUT2D eigenvalue weighted by Crippen LogP contribution is 2.31. The summed E-state index contributed by atoms with van der Waals surface area (Å²) in [5.74, 6) is -0.488. The highest BCUT2D eigenvalue weighted by Gasteiger charge is 2.32. The number of benzene rings is 1. The van der Waals surface area contributed by atoms with E-state index in [9.17, 15) is 18.0 Å². The van der Waals surface area contributed by atoms with Crippen molar-refractivity contribution >= 4 is 17.2 Å². The van der Waals surface area contributed by atoms with E-state index in [4.69, 9.17) is 0 Å². The maximum atomic E-state index is 12.7. The number of hydrogen-bond donors (Lipinski definition) is 1. The molecular weight excluding hydrogens is 277 g/mol. The first-order chi connectivity index (χ1) is 8.98. The lowest BCUT2D eigenvalue weighted by molar-refractivity contribution is -0.138. The van der Waals surface area contributed by atoms with Gasteiger partial charge in [0.2, 0.25) is 0 Å². The van der Waals surface area contributed by atoms with Gasteiger partial charge in [0, 0.05) is 11.9 Å². The maximum Gasteiger partial charge on any atom is 0.416 e. The molecule has 19 heavy (non-hydrogen) atoms. The van der Waals surface area contributed by atoms with Crippen LogP contribution in [0.3, 0.4) is 0 Å². The van der Waals surface area contributed by atoms with Gasteiger partial charge in [-0.15, -0.1) is 11.3 Å². The molecule has 2 aromatic rings. The highest BCUT2D eigenvalue weighted by atomic mass is 32.1. The molecule has 100 valence electrons. The fourth-order valence-corrected chi connectivity index (χ4v) is 2.07. The number of hydrogen-bond acceptors (Lipinski definition) is 3. The zero-order chi connectivity index (χ0) is 13.9. The average molecular weight is 286 g/mol. The van der Waals surface area contributed by atoms with Crippen LogP contribution < -0.4 is 5.32 Å². The normalized spacial score (nSPS) is 11.3. The van der Waals surface area contributed by atoms with Crippen LogP contribution in [-0.4, -0.2) is 10.9 Å². The van der Waals surface area contributed by atoms with E-state index >= 15 is 0 Å². The predicted molar refractivity (Wildman–Crippen MR) is 64.7 cm³/mol. The minimum absolute atomic E-state index is 0.0265. The fourth-order valence-electron chi connectivity index (χ4n) is 1.54. The Morgan fingerprint density at radius 1 is 1.32 bits per heavy atom. The second-order valence-electron chi connectivity index (χ2n) is 3.71. The smallest absolute Gasteiger partial charge is 0.347 e. The number of halogens is 3. The zero-order valence-corrected chi connectivity index (χ0v) is 10.4. The van der Waals surface area contributed by atoms with Gasteiger partial charge in [-0.05, 0) is 11.6 Å². The first-order valence-electron chi connectivity index (χ1n) is 5.30. The largest absolute Gasteiger partial charge is 0.416 e. The lowest BCUT2D eigenvalue weighted by Gasteiger charge is -2.12. The number of amides is 1. The molecule has 0 aliphatic rings. The first kappa shape index (κ1) is 13.5. The van der Waals surface area contributed by atoms with Crippen LogP contribution >= 0.6 is 11.3 Å². The van der Waals surface area contributed by atoms with Crippen LogP contribution in [0.2, 0.25) is 0 Å². The number of aromatic nitrogens is 1. The summed E-state index contributed by atoms with van der Waals surface area (Å²) in [7, 11) is 0. The second kappa shape index (κ2) is 5.40. The molecule has 1 heterocycles. The molecule has 0 bridgehead atoms. The van der Waals surface area contributed by atoms with Crippen molar-refractivity contribution in [2.24, 2.45) is 0 Å². The Bertz CT molecular complexity index is 567. The SMILES string of the molecule is O=C(NCc1ccccc1C(F)(F)F)c1cscn1. The van der Waals surface area contributed by atoms with E-state index in [1.54, 1.807) is 0 Å². The van der Waals surface area contributed by atoms with Crippen molar-refractivity contribution in [1.29, 1.82) is 0 Å². The quantitative estimate of drug-likeness (QED) is 0.942. The molecule has 7 heteroatoms. The Kier molecular flexibility index (Phi) is 3.84. The van der Waals surface area contributed by atoms with Crippen molar-refractivity contribution in [2.75, 3.05) is 0 Å². The molecular formula is C12H9F3N2OS. The third kappa shape index (κ3) is 3.31. The van der Waals surface area contributed by atoms with Gasteiger partial charge in [-0.2, -0.15) is 13.2 Å². The van der Waals surface area contributed by atoms with Gasteiger partial charge in [0.1, 0.15) is 5.69 Å². The van der Waals surface area contributed by atoms with Crippen LogP contribution in [0.1, 0.15) is 21.6 Å². The minimum Gasteiger partial charge on any atom is -0.347 e. The molecule has 0 aliphatic carbocycles. The summed E-state index contributed by atoms with van der Waals surface area (Å²) in [5, 5.41) is 3.95. The Labute approximate surface area is 111 Å². The summed E-state index contributed by atoms with van der Waals surface area (Å²) in [4.78, 5) is 15.4. The molecule has 2 rings (SSSR count). The van der Waals surface area contributed by atoms with E-state index in [0.29, 0.717) is 0 Å². The molecule has 1 N–H and O–H groups in total. The van der Waals surface area contributed by atoms with E-state index in [-0.39, 0.29) is 17.8 Å². The van der Waals surface area contributed by atoms with Crippen LogP contribution in [0.4, 0.5) is 13.2 Å². The van der Waals surface area contributed by atoms with Gasteiger partial charge in [0.05, 0.1) is 11.1 Å². The van der Waals surface area contributed by atoms with Crippen LogP contribution in [0.5, 0.6) is 0 Å². The molecule has 0 saturated carbocycles. The summed E-state index contributed by atoms with van der Waals surface area (Å²) in [6.45, 7) is -0.188. The Hall–Kier alpha value is -1.89. The summed E-state index contributed by atoms with van der Waals surface area (Å²) in [6, 6.07) is 5.14. The molecule has 0 radical (unpaired) electrons. The number of carbonyl (C=O) groups excluding carboxylic acids is 1. The van der Waals surface area contributed by atoms with Gasteiger partial charge in [-0.25, -0.2) is 4.98 Å². The minimum atomic E-state index is -4.43. The van der Waals surface area contributed by atoms with E-state index in [1.165, 1.54) is 40.4 Å². The molecule has 0 spiro atoms. The number of rotatable bonds is 3. The van der Waals surface area contributed by atoms with Crippen molar-refractivity contribution < 1.29 is 18.0 Å². The number of alkyl halides is 3. The van der Waals surface area contributed by atoms with Crippen molar-refractivity contribution in [2.45, 2.75) is 12.7 Å². The highest BCUT2D eigenvalue weighted by molar-refractivity contribution is 7.07. The summed E-state index contributed by atoms with van der Waals surface area (Å²) in [5.41, 5.74) is 0.972. The van der Waals surface area contributed by atoms with Gasteiger partial charge in [0.15, 0.2) is 0 Å². The molecule has 0 atom stereocenters. The zero-order valence-electron chi connectivity index (χ0n) is 9.57. The number of thiazole rings is 1. The van der Waals surface area contributed by atoms with Gasteiger partial charge in [-0.1, -0.05) is 18.2 Å². The van der Waals surface area contributed by atoms with Crippen molar-refractivity contribution in [3.63, 3.8) is 0 Å². The van der Waals surface area contributed by atoms with E-state index < -0.39 is 17.6 Å². The van der Waals surface area contributed by atoms with Gasteiger partial charge >= 0.3 is 6.18 Å². The van der Waals surface area contributed by atoms with Gasteiger partial charge in [0.25, 0.3) is 5.91 Å². The maximum absolute atomic E-state index is 12.7. The molecule has 0 aliphatic heterocycles. The lowest BCUT2D eigenvalue weighted by Crippen LogP contribution is -2.24. The number of nitrogens with zero attached hydrogens (tertiary/aromatic N) is 1. The number of nitrogens with one attached hydrogen (secondary N) is 1. The van der Waals surface area contributed by atoms with Crippen LogP contribution in [-0.2, 0) is 12.7 Å².